The minimum Gasteiger partial charge on any atom is -0.462 e. The predicted octanol–water partition coefficient (Wildman–Crippen LogP) is 2.23. The minimum absolute atomic E-state index is 0.00931. The maximum Gasteiger partial charge on any atom is 0.329 e. The lowest BCUT2D eigenvalue weighted by Gasteiger charge is -2.29. The van der Waals surface area contributed by atoms with Crippen molar-refractivity contribution in [3.8, 4) is 0 Å². The van der Waals surface area contributed by atoms with E-state index >= 15 is 0 Å². The molecule has 0 aliphatic carbocycles. The van der Waals surface area contributed by atoms with Crippen molar-refractivity contribution in [3.05, 3.63) is 35.4 Å². The lowest BCUT2D eigenvalue weighted by molar-refractivity contribution is -0.155. The molecule has 1 heterocycles. The second kappa shape index (κ2) is 10.1. The van der Waals surface area contributed by atoms with Crippen molar-refractivity contribution in [2.75, 3.05) is 19.7 Å². The lowest BCUT2D eigenvalue weighted by Crippen LogP contribution is -2.46. The van der Waals surface area contributed by atoms with E-state index in [4.69, 9.17) is 4.74 Å². The van der Waals surface area contributed by atoms with Crippen molar-refractivity contribution in [2.45, 2.75) is 52.5 Å². The van der Waals surface area contributed by atoms with Crippen LogP contribution in [0.15, 0.2) is 24.3 Å². The first-order valence-electron chi connectivity index (χ1n) is 9.67. The van der Waals surface area contributed by atoms with Crippen LogP contribution < -0.4 is 5.32 Å². The highest BCUT2D eigenvalue weighted by Gasteiger charge is 2.35. The van der Waals surface area contributed by atoms with Crippen LogP contribution in [0.4, 0.5) is 0 Å². The van der Waals surface area contributed by atoms with Gasteiger partial charge in [-0.1, -0.05) is 43.7 Å². The summed E-state index contributed by atoms with van der Waals surface area (Å²) in [6.45, 7) is 6.83. The summed E-state index contributed by atoms with van der Waals surface area (Å²) < 4.78 is 5.31. The van der Waals surface area contributed by atoms with Gasteiger partial charge in [0.2, 0.25) is 11.8 Å². The molecule has 148 valence electrons. The van der Waals surface area contributed by atoms with Crippen LogP contribution in [-0.4, -0.2) is 48.4 Å². The molecule has 1 aliphatic rings. The zero-order valence-electron chi connectivity index (χ0n) is 16.5. The number of carbonyl (C=O) groups is 3. The van der Waals surface area contributed by atoms with E-state index in [1.165, 1.54) is 5.56 Å². The fourth-order valence-electron chi connectivity index (χ4n) is 3.25. The molecule has 1 fully saturated rings. The zero-order valence-corrected chi connectivity index (χ0v) is 16.5. The molecule has 1 aromatic carbocycles. The van der Waals surface area contributed by atoms with Crippen LogP contribution in [-0.2, 0) is 25.5 Å². The maximum absolute atomic E-state index is 12.4. The average Bonchev–Trinajstić information content (AvgIpc) is 3.04. The Kier molecular flexibility index (Phi) is 7.82. The Morgan fingerprint density at radius 2 is 1.93 bits per heavy atom. The lowest BCUT2D eigenvalue weighted by atomic mass is 10.0. The molecule has 0 radical (unpaired) electrons. The van der Waals surface area contributed by atoms with E-state index in [2.05, 4.69) is 5.32 Å². The topological polar surface area (TPSA) is 75.7 Å². The molecule has 1 aromatic rings. The third-order valence-corrected chi connectivity index (χ3v) is 4.75. The van der Waals surface area contributed by atoms with E-state index in [0.29, 0.717) is 25.8 Å². The van der Waals surface area contributed by atoms with Crippen LogP contribution in [0.1, 0.15) is 44.2 Å². The highest BCUT2D eigenvalue weighted by atomic mass is 16.5. The summed E-state index contributed by atoms with van der Waals surface area (Å²) in [5, 5.41) is 2.77. The first-order chi connectivity index (χ1) is 12.9. The second-order valence-corrected chi connectivity index (χ2v) is 7.38. The Balaban J connectivity index is 1.68. The fraction of sp³-hybridized carbons (Fsp3) is 0.571. The van der Waals surface area contributed by atoms with E-state index < -0.39 is 12.0 Å². The quantitative estimate of drug-likeness (QED) is 0.531. The normalized spacial score (nSPS) is 15.1. The number of nitrogens with one attached hydrogen (secondary N) is 1. The number of esters is 1. The fourth-order valence-corrected chi connectivity index (χ4v) is 3.25. The Hall–Kier alpha value is -2.37. The molecular formula is C21H30N2O4. The summed E-state index contributed by atoms with van der Waals surface area (Å²) >= 11 is 0. The Bertz CT molecular complexity index is 655. The second-order valence-electron chi connectivity index (χ2n) is 7.38. The largest absolute Gasteiger partial charge is 0.462 e. The Morgan fingerprint density at radius 3 is 2.52 bits per heavy atom. The first kappa shape index (κ1) is 20.9. The van der Waals surface area contributed by atoms with Crippen molar-refractivity contribution < 1.29 is 19.1 Å². The van der Waals surface area contributed by atoms with E-state index in [0.717, 1.165) is 12.0 Å². The monoisotopic (exact) mass is 374 g/mol. The van der Waals surface area contributed by atoms with E-state index in [1.54, 1.807) is 4.90 Å². The number of likely N-dealkylation sites (tertiary alicyclic amines) is 1. The van der Waals surface area contributed by atoms with Crippen LogP contribution in [0.3, 0.4) is 0 Å². The molecule has 0 saturated carbocycles. The van der Waals surface area contributed by atoms with Gasteiger partial charge < -0.3 is 15.0 Å². The summed E-state index contributed by atoms with van der Waals surface area (Å²) in [6.07, 6.45) is 2.35. The van der Waals surface area contributed by atoms with Crippen molar-refractivity contribution in [1.29, 1.82) is 0 Å². The molecule has 1 aliphatic heterocycles. The van der Waals surface area contributed by atoms with Gasteiger partial charge >= 0.3 is 5.97 Å². The number of carbonyl (C=O) groups excluding carboxylic acids is 3. The van der Waals surface area contributed by atoms with Crippen molar-refractivity contribution in [3.63, 3.8) is 0 Å². The molecule has 0 aromatic heterocycles. The molecule has 2 rings (SSSR count). The smallest absolute Gasteiger partial charge is 0.329 e. The van der Waals surface area contributed by atoms with Gasteiger partial charge in [-0.2, -0.15) is 0 Å². The Morgan fingerprint density at radius 1 is 1.22 bits per heavy atom. The number of rotatable bonds is 9. The van der Waals surface area contributed by atoms with Crippen LogP contribution in [0.5, 0.6) is 0 Å². The number of hydrogen-bond acceptors (Lipinski definition) is 4. The minimum atomic E-state index is -0.544. The van der Waals surface area contributed by atoms with Crippen LogP contribution in [0, 0.1) is 12.8 Å². The summed E-state index contributed by atoms with van der Waals surface area (Å²) in [4.78, 5) is 37.8. The van der Waals surface area contributed by atoms with E-state index in [-0.39, 0.29) is 30.9 Å². The third-order valence-electron chi connectivity index (χ3n) is 4.75. The number of nitrogens with zero attached hydrogens (tertiary/aromatic N) is 1. The van der Waals surface area contributed by atoms with Gasteiger partial charge in [-0.3, -0.25) is 9.59 Å². The van der Waals surface area contributed by atoms with Gasteiger partial charge in [-0.25, -0.2) is 4.79 Å². The van der Waals surface area contributed by atoms with Gasteiger partial charge in [0, 0.05) is 19.4 Å². The number of hydrogen-bond donors (Lipinski definition) is 1. The highest BCUT2D eigenvalue weighted by molar-refractivity contribution is 5.86. The standard InChI is InChI=1S/C21H30N2O4/c1-15(2)20(23-13-4-5-19(23)25)21(26)27-14-12-22-18(24)11-10-17-8-6-16(3)7-9-17/h6-9,15,20H,4-5,10-14H2,1-3H3,(H,22,24). The summed E-state index contributed by atoms with van der Waals surface area (Å²) in [5.74, 6) is -0.463. The molecule has 0 spiro atoms. The number of amides is 2. The number of ether oxygens (including phenoxy) is 1. The summed E-state index contributed by atoms with van der Waals surface area (Å²) in [5.41, 5.74) is 2.32. The van der Waals surface area contributed by atoms with Gasteiger partial charge in [0.15, 0.2) is 0 Å². The maximum atomic E-state index is 12.4. The molecule has 27 heavy (non-hydrogen) atoms. The summed E-state index contributed by atoms with van der Waals surface area (Å²) in [7, 11) is 0. The molecule has 1 saturated heterocycles. The molecule has 0 bridgehead atoms. The molecule has 1 unspecified atom stereocenters. The molecule has 1 atom stereocenters. The van der Waals surface area contributed by atoms with Crippen LogP contribution in [0.25, 0.3) is 0 Å². The van der Waals surface area contributed by atoms with E-state index in [1.807, 2.05) is 45.0 Å². The van der Waals surface area contributed by atoms with Crippen LogP contribution in [0.2, 0.25) is 0 Å². The van der Waals surface area contributed by atoms with Crippen LogP contribution >= 0.6 is 0 Å². The van der Waals surface area contributed by atoms with Gasteiger partial charge in [0.1, 0.15) is 12.6 Å². The highest BCUT2D eigenvalue weighted by Crippen LogP contribution is 2.20. The van der Waals surface area contributed by atoms with Crippen molar-refractivity contribution in [1.82, 2.24) is 10.2 Å². The predicted molar refractivity (Wildman–Crippen MR) is 103 cm³/mol. The van der Waals surface area contributed by atoms with Gasteiger partial charge in [0.25, 0.3) is 0 Å². The SMILES string of the molecule is Cc1ccc(CCC(=O)NCCOC(=O)C(C(C)C)N2CCCC2=O)cc1. The zero-order chi connectivity index (χ0) is 19.8. The number of benzene rings is 1. The van der Waals surface area contributed by atoms with Gasteiger partial charge in [0.05, 0.1) is 6.54 Å². The molecule has 1 N–H and O–H groups in total. The van der Waals surface area contributed by atoms with Crippen molar-refractivity contribution in [2.24, 2.45) is 5.92 Å². The molecule has 6 nitrogen and oxygen atoms in total. The number of aryl methyl sites for hydroxylation is 2. The molecule has 6 heteroatoms. The first-order valence-corrected chi connectivity index (χ1v) is 9.67. The van der Waals surface area contributed by atoms with E-state index in [9.17, 15) is 14.4 Å². The third kappa shape index (κ3) is 6.38. The van der Waals surface area contributed by atoms with Gasteiger partial charge in [-0.15, -0.1) is 0 Å². The Labute approximate surface area is 161 Å². The van der Waals surface area contributed by atoms with Crippen molar-refractivity contribution >= 4 is 17.8 Å². The average molecular weight is 374 g/mol. The molecular weight excluding hydrogens is 344 g/mol. The summed E-state index contributed by atoms with van der Waals surface area (Å²) in [6, 6.07) is 7.56. The molecule has 2 amide bonds. The van der Waals surface area contributed by atoms with Gasteiger partial charge in [-0.05, 0) is 31.2 Å².